The molecule has 0 aromatic carbocycles. The second-order valence-electron chi connectivity index (χ2n) is 4.33. The Kier molecular flexibility index (Phi) is 3.17. The summed E-state index contributed by atoms with van der Waals surface area (Å²) in [6.45, 7) is 4.15. The van der Waals surface area contributed by atoms with Crippen molar-refractivity contribution >= 4 is 12.1 Å². The van der Waals surface area contributed by atoms with Crippen molar-refractivity contribution in [3.05, 3.63) is 24.8 Å². The molecule has 3 aliphatic rings. The van der Waals surface area contributed by atoms with Crippen LogP contribution in [0, 0.1) is 11.8 Å². The van der Waals surface area contributed by atoms with Gasteiger partial charge in [0.15, 0.2) is 0 Å². The topological polar surface area (TPSA) is 66.8 Å². The van der Waals surface area contributed by atoms with Crippen LogP contribution in [0.1, 0.15) is 6.42 Å². The average molecular weight is 237 g/mol. The predicted octanol–water partition coefficient (Wildman–Crippen LogP) is 1.27. The van der Waals surface area contributed by atoms with E-state index in [0.717, 1.165) is 0 Å². The van der Waals surface area contributed by atoms with E-state index in [0.29, 0.717) is 13.0 Å². The summed E-state index contributed by atoms with van der Waals surface area (Å²) in [5.41, 5.74) is 0. The molecule has 0 spiro atoms. The second kappa shape index (κ2) is 4.61. The Balaban J connectivity index is 2.10. The first-order valence-corrected chi connectivity index (χ1v) is 5.59. The molecule has 0 aromatic heterocycles. The zero-order valence-electron chi connectivity index (χ0n) is 9.41. The number of carbonyl (C=O) groups excluding carboxylic acids is 1. The van der Waals surface area contributed by atoms with Crippen LogP contribution in [0.4, 0.5) is 4.79 Å². The van der Waals surface area contributed by atoms with E-state index in [2.05, 4.69) is 6.58 Å². The van der Waals surface area contributed by atoms with Gasteiger partial charge in [0.2, 0.25) is 0 Å². The third-order valence-corrected chi connectivity index (χ3v) is 3.22. The summed E-state index contributed by atoms with van der Waals surface area (Å²) in [6, 6.07) is -0.380. The molecule has 0 saturated carbocycles. The first kappa shape index (κ1) is 11.7. The largest absolute Gasteiger partial charge is 0.481 e. The molecule has 92 valence electrons. The predicted molar refractivity (Wildman–Crippen MR) is 60.4 cm³/mol. The maximum atomic E-state index is 11.7. The van der Waals surface area contributed by atoms with Crippen molar-refractivity contribution in [1.29, 1.82) is 0 Å². The Morgan fingerprint density at radius 1 is 1.53 bits per heavy atom. The molecule has 3 unspecified atom stereocenters. The van der Waals surface area contributed by atoms with E-state index in [4.69, 9.17) is 9.84 Å². The fourth-order valence-corrected chi connectivity index (χ4v) is 2.44. The van der Waals surface area contributed by atoms with Crippen LogP contribution in [-0.4, -0.2) is 41.3 Å². The molecule has 1 fully saturated rings. The van der Waals surface area contributed by atoms with E-state index < -0.39 is 18.0 Å². The van der Waals surface area contributed by atoms with Crippen LogP contribution >= 0.6 is 0 Å². The molecule has 1 amide bonds. The number of hydrogen-bond acceptors (Lipinski definition) is 3. The van der Waals surface area contributed by atoms with Crippen LogP contribution in [0.5, 0.6) is 0 Å². The smallest absolute Gasteiger partial charge is 0.410 e. The van der Waals surface area contributed by atoms with Crippen molar-refractivity contribution in [1.82, 2.24) is 4.90 Å². The zero-order chi connectivity index (χ0) is 12.4. The summed E-state index contributed by atoms with van der Waals surface area (Å²) in [5, 5.41) is 9.11. The highest BCUT2D eigenvalue weighted by molar-refractivity contribution is 5.75. The number of aliphatic carboxylic acids is 1. The molecule has 1 aliphatic carbocycles. The molecule has 3 atom stereocenters. The third-order valence-electron chi connectivity index (χ3n) is 3.22. The lowest BCUT2D eigenvalue weighted by atomic mass is 9.78. The lowest BCUT2D eigenvalue weighted by Gasteiger charge is -2.43. The molecule has 5 nitrogen and oxygen atoms in total. The number of amides is 1. The summed E-state index contributed by atoms with van der Waals surface area (Å²) < 4.78 is 4.95. The van der Waals surface area contributed by atoms with E-state index in [1.165, 1.54) is 11.0 Å². The molecule has 5 heteroatoms. The van der Waals surface area contributed by atoms with Gasteiger partial charge in [-0.25, -0.2) is 4.79 Å². The van der Waals surface area contributed by atoms with Crippen molar-refractivity contribution in [2.24, 2.45) is 11.8 Å². The van der Waals surface area contributed by atoms with E-state index in [9.17, 15) is 9.59 Å². The van der Waals surface area contributed by atoms with Crippen LogP contribution in [0.3, 0.4) is 0 Å². The van der Waals surface area contributed by atoms with Crippen molar-refractivity contribution in [3.8, 4) is 0 Å². The maximum absolute atomic E-state index is 11.7. The summed E-state index contributed by atoms with van der Waals surface area (Å²) in [4.78, 5) is 24.3. The molecule has 1 saturated heterocycles. The Hall–Kier alpha value is -1.78. The summed E-state index contributed by atoms with van der Waals surface area (Å²) in [5.74, 6) is -1.25. The number of ether oxygens (including phenoxy) is 1. The quantitative estimate of drug-likeness (QED) is 0.751. The molecule has 0 radical (unpaired) electrons. The number of nitrogens with zero attached hydrogens (tertiary/aromatic N) is 1. The number of hydrogen-bond donors (Lipinski definition) is 1. The number of carbonyl (C=O) groups is 2. The zero-order valence-corrected chi connectivity index (χ0v) is 9.41. The number of fused-ring (bicyclic) bond motifs is 2. The van der Waals surface area contributed by atoms with Crippen molar-refractivity contribution < 1.29 is 19.4 Å². The number of piperidine rings is 1. The van der Waals surface area contributed by atoms with E-state index in [-0.39, 0.29) is 18.6 Å². The first-order valence-electron chi connectivity index (χ1n) is 5.59. The Morgan fingerprint density at radius 2 is 2.29 bits per heavy atom. The van der Waals surface area contributed by atoms with Crippen molar-refractivity contribution in [2.45, 2.75) is 12.5 Å². The highest BCUT2D eigenvalue weighted by Crippen LogP contribution is 2.34. The number of carboxylic acids is 1. The summed E-state index contributed by atoms with van der Waals surface area (Å²) in [6.07, 6.45) is 5.41. The molecule has 3 rings (SSSR count). The van der Waals surface area contributed by atoms with Crippen molar-refractivity contribution in [2.75, 3.05) is 13.2 Å². The first-order chi connectivity index (χ1) is 8.13. The van der Waals surface area contributed by atoms with Gasteiger partial charge in [-0.05, 0) is 12.3 Å². The minimum Gasteiger partial charge on any atom is -0.481 e. The number of carboxylic acid groups (broad SMARTS) is 1. The molecule has 2 heterocycles. The molecule has 1 N–H and O–H groups in total. The van der Waals surface area contributed by atoms with Gasteiger partial charge in [-0.2, -0.15) is 0 Å². The van der Waals surface area contributed by atoms with Gasteiger partial charge in [-0.1, -0.05) is 24.8 Å². The van der Waals surface area contributed by atoms with E-state index >= 15 is 0 Å². The van der Waals surface area contributed by atoms with Gasteiger partial charge in [0.25, 0.3) is 0 Å². The Labute approximate surface area is 99.4 Å². The summed E-state index contributed by atoms with van der Waals surface area (Å²) in [7, 11) is 0. The minimum absolute atomic E-state index is 0.123. The fraction of sp³-hybridized carbons (Fsp3) is 0.500. The summed E-state index contributed by atoms with van der Waals surface area (Å²) >= 11 is 0. The molecule has 0 aromatic rings. The minimum atomic E-state index is -0.856. The molecule has 2 bridgehead atoms. The lowest BCUT2D eigenvalue weighted by Crippen LogP contribution is -2.55. The van der Waals surface area contributed by atoms with Crippen LogP contribution in [0.2, 0.25) is 0 Å². The van der Waals surface area contributed by atoms with Gasteiger partial charge in [0, 0.05) is 6.54 Å². The molecule has 2 aliphatic heterocycles. The fourth-order valence-electron chi connectivity index (χ4n) is 2.44. The lowest BCUT2D eigenvalue weighted by molar-refractivity contribution is -0.145. The SMILES string of the molecule is C=CCOC(=O)N1CC2C=CC1C(C(=O)O)C2. The third kappa shape index (κ3) is 2.18. The van der Waals surface area contributed by atoms with E-state index in [1.807, 2.05) is 6.08 Å². The Bertz CT molecular complexity index is 377. The van der Waals surface area contributed by atoms with Gasteiger partial charge >= 0.3 is 12.1 Å². The van der Waals surface area contributed by atoms with Gasteiger partial charge < -0.3 is 14.7 Å². The molecular formula is C12H15NO4. The highest BCUT2D eigenvalue weighted by atomic mass is 16.6. The maximum Gasteiger partial charge on any atom is 0.410 e. The van der Waals surface area contributed by atoms with Gasteiger partial charge in [-0.3, -0.25) is 4.79 Å². The van der Waals surface area contributed by atoms with Crippen LogP contribution in [-0.2, 0) is 9.53 Å². The second-order valence-corrected chi connectivity index (χ2v) is 4.33. The molecular weight excluding hydrogens is 222 g/mol. The average Bonchev–Trinajstić information content (AvgIpc) is 2.36. The van der Waals surface area contributed by atoms with Gasteiger partial charge in [0.1, 0.15) is 6.61 Å². The van der Waals surface area contributed by atoms with Gasteiger partial charge in [-0.15, -0.1) is 0 Å². The normalized spacial score (nSPS) is 30.1. The van der Waals surface area contributed by atoms with Gasteiger partial charge in [0.05, 0.1) is 12.0 Å². The highest BCUT2D eigenvalue weighted by Gasteiger charge is 2.43. The van der Waals surface area contributed by atoms with E-state index in [1.54, 1.807) is 6.08 Å². The van der Waals surface area contributed by atoms with Crippen LogP contribution < -0.4 is 0 Å². The van der Waals surface area contributed by atoms with Crippen LogP contribution in [0.25, 0.3) is 0 Å². The number of rotatable bonds is 3. The monoisotopic (exact) mass is 237 g/mol. The van der Waals surface area contributed by atoms with Crippen molar-refractivity contribution in [3.63, 3.8) is 0 Å². The standard InChI is InChI=1S/C12H15NO4/c1-2-5-17-12(16)13-7-8-3-4-10(13)9(6-8)11(14)15/h2-4,8-10H,1,5-7H2,(H,14,15). The van der Waals surface area contributed by atoms with Crippen LogP contribution in [0.15, 0.2) is 24.8 Å². The molecule has 17 heavy (non-hydrogen) atoms. The Morgan fingerprint density at radius 3 is 2.88 bits per heavy atom.